The van der Waals surface area contributed by atoms with E-state index in [1.165, 1.54) is 16.7 Å². The van der Waals surface area contributed by atoms with Crippen molar-refractivity contribution in [3.8, 4) is 0 Å². The summed E-state index contributed by atoms with van der Waals surface area (Å²) in [7, 11) is 0. The van der Waals surface area contributed by atoms with Gasteiger partial charge in [0.25, 0.3) is 0 Å². The summed E-state index contributed by atoms with van der Waals surface area (Å²) in [5, 5.41) is 3.72. The SMILES string of the molecule is C[C@@H](C[C@H](C)C(c1ccccc1)c1ccccc1)NCCc1ccccc1. The second kappa shape index (κ2) is 10.1. The van der Waals surface area contributed by atoms with E-state index in [2.05, 4.69) is 110 Å². The fourth-order valence-corrected chi connectivity index (χ4v) is 4.05. The van der Waals surface area contributed by atoms with Crippen molar-refractivity contribution in [2.75, 3.05) is 6.54 Å². The Balaban J connectivity index is 1.61. The molecular weight excluding hydrogens is 326 g/mol. The maximum Gasteiger partial charge on any atom is 0.0116 e. The summed E-state index contributed by atoms with van der Waals surface area (Å²) in [5.41, 5.74) is 4.22. The van der Waals surface area contributed by atoms with E-state index in [0.29, 0.717) is 17.9 Å². The van der Waals surface area contributed by atoms with Crippen molar-refractivity contribution in [2.45, 2.75) is 38.6 Å². The highest BCUT2D eigenvalue weighted by Crippen LogP contribution is 2.34. The van der Waals surface area contributed by atoms with Gasteiger partial charge in [0.05, 0.1) is 0 Å². The van der Waals surface area contributed by atoms with Crippen LogP contribution >= 0.6 is 0 Å². The van der Waals surface area contributed by atoms with Gasteiger partial charge in [-0.15, -0.1) is 0 Å². The van der Waals surface area contributed by atoms with E-state index < -0.39 is 0 Å². The number of benzene rings is 3. The molecule has 0 amide bonds. The van der Waals surface area contributed by atoms with Crippen LogP contribution in [0.2, 0.25) is 0 Å². The van der Waals surface area contributed by atoms with Crippen molar-refractivity contribution < 1.29 is 0 Å². The van der Waals surface area contributed by atoms with Crippen LogP contribution in [0.15, 0.2) is 91.0 Å². The van der Waals surface area contributed by atoms with Crippen molar-refractivity contribution in [3.63, 3.8) is 0 Å². The largest absolute Gasteiger partial charge is 0.314 e. The monoisotopic (exact) mass is 357 g/mol. The van der Waals surface area contributed by atoms with Crippen molar-refractivity contribution in [2.24, 2.45) is 5.92 Å². The summed E-state index contributed by atoms with van der Waals surface area (Å²) in [6.07, 6.45) is 2.24. The van der Waals surface area contributed by atoms with Crippen LogP contribution in [0.1, 0.15) is 42.9 Å². The second-order valence-corrected chi connectivity index (χ2v) is 7.60. The lowest BCUT2D eigenvalue weighted by Crippen LogP contribution is -2.31. The van der Waals surface area contributed by atoms with Gasteiger partial charge in [-0.2, -0.15) is 0 Å². The lowest BCUT2D eigenvalue weighted by atomic mass is 9.79. The Morgan fingerprint density at radius 1 is 0.667 bits per heavy atom. The molecule has 0 aliphatic rings. The topological polar surface area (TPSA) is 12.0 Å². The first-order valence-corrected chi connectivity index (χ1v) is 10.1. The van der Waals surface area contributed by atoms with E-state index in [1.807, 2.05) is 0 Å². The molecular formula is C26H31N. The van der Waals surface area contributed by atoms with E-state index in [9.17, 15) is 0 Å². The summed E-state index contributed by atoms with van der Waals surface area (Å²) < 4.78 is 0. The Labute approximate surface area is 164 Å². The maximum absolute atomic E-state index is 3.72. The van der Waals surface area contributed by atoms with E-state index in [4.69, 9.17) is 0 Å². The summed E-state index contributed by atoms with van der Waals surface area (Å²) in [6, 6.07) is 33.1. The van der Waals surface area contributed by atoms with Crippen molar-refractivity contribution in [1.29, 1.82) is 0 Å². The van der Waals surface area contributed by atoms with Gasteiger partial charge in [-0.3, -0.25) is 0 Å². The number of hydrogen-bond donors (Lipinski definition) is 1. The molecule has 2 atom stereocenters. The molecule has 140 valence electrons. The van der Waals surface area contributed by atoms with Crippen LogP contribution in [0.25, 0.3) is 0 Å². The molecule has 3 rings (SSSR count). The molecule has 0 aliphatic heterocycles. The minimum atomic E-state index is 0.436. The smallest absolute Gasteiger partial charge is 0.0116 e. The minimum absolute atomic E-state index is 0.436. The van der Waals surface area contributed by atoms with Gasteiger partial charge in [0.1, 0.15) is 0 Å². The van der Waals surface area contributed by atoms with Crippen LogP contribution in [0.5, 0.6) is 0 Å². The second-order valence-electron chi connectivity index (χ2n) is 7.60. The van der Waals surface area contributed by atoms with Crippen LogP contribution < -0.4 is 5.32 Å². The van der Waals surface area contributed by atoms with Gasteiger partial charge in [-0.1, -0.05) is 97.9 Å². The molecule has 3 aromatic carbocycles. The van der Waals surface area contributed by atoms with Crippen LogP contribution in [-0.4, -0.2) is 12.6 Å². The Morgan fingerprint density at radius 3 is 1.67 bits per heavy atom. The van der Waals surface area contributed by atoms with Crippen LogP contribution in [-0.2, 0) is 6.42 Å². The average Bonchev–Trinajstić information content (AvgIpc) is 2.70. The molecule has 0 fully saturated rings. The summed E-state index contributed by atoms with van der Waals surface area (Å²) >= 11 is 0. The molecule has 3 aromatic rings. The molecule has 27 heavy (non-hydrogen) atoms. The fraction of sp³-hybridized carbons (Fsp3) is 0.308. The van der Waals surface area contributed by atoms with Gasteiger partial charge in [0.15, 0.2) is 0 Å². The van der Waals surface area contributed by atoms with Gasteiger partial charge in [0, 0.05) is 12.0 Å². The quantitative estimate of drug-likeness (QED) is 0.490. The third kappa shape index (κ3) is 5.80. The zero-order chi connectivity index (χ0) is 18.9. The van der Waals surface area contributed by atoms with Crippen molar-refractivity contribution in [1.82, 2.24) is 5.32 Å². The highest BCUT2D eigenvalue weighted by molar-refractivity contribution is 5.33. The number of nitrogens with one attached hydrogen (secondary N) is 1. The zero-order valence-corrected chi connectivity index (χ0v) is 16.5. The molecule has 1 heteroatoms. The Bertz CT molecular complexity index is 728. The minimum Gasteiger partial charge on any atom is -0.314 e. The third-order valence-electron chi connectivity index (χ3n) is 5.36. The molecule has 0 saturated heterocycles. The molecule has 0 bridgehead atoms. The van der Waals surface area contributed by atoms with Crippen LogP contribution in [0.4, 0.5) is 0 Å². The normalized spacial score (nSPS) is 13.4. The molecule has 0 heterocycles. The van der Waals surface area contributed by atoms with Crippen molar-refractivity contribution >= 4 is 0 Å². The molecule has 0 saturated carbocycles. The molecule has 0 spiro atoms. The molecule has 1 nitrogen and oxygen atoms in total. The van der Waals surface area contributed by atoms with Crippen LogP contribution in [0.3, 0.4) is 0 Å². The van der Waals surface area contributed by atoms with E-state index >= 15 is 0 Å². The molecule has 0 radical (unpaired) electrons. The highest BCUT2D eigenvalue weighted by atomic mass is 14.9. The lowest BCUT2D eigenvalue weighted by Gasteiger charge is -2.28. The van der Waals surface area contributed by atoms with Gasteiger partial charge in [-0.25, -0.2) is 0 Å². The van der Waals surface area contributed by atoms with E-state index in [-0.39, 0.29) is 0 Å². The fourth-order valence-electron chi connectivity index (χ4n) is 4.05. The Kier molecular flexibility index (Phi) is 7.24. The van der Waals surface area contributed by atoms with Gasteiger partial charge >= 0.3 is 0 Å². The first-order valence-electron chi connectivity index (χ1n) is 10.1. The predicted molar refractivity (Wildman–Crippen MR) is 116 cm³/mol. The third-order valence-corrected chi connectivity index (χ3v) is 5.36. The van der Waals surface area contributed by atoms with Gasteiger partial charge < -0.3 is 5.32 Å². The number of rotatable bonds is 9. The summed E-state index contributed by atoms with van der Waals surface area (Å²) in [5.74, 6) is 1.000. The van der Waals surface area contributed by atoms with Gasteiger partial charge in [-0.05, 0) is 48.9 Å². The summed E-state index contributed by atoms with van der Waals surface area (Å²) in [4.78, 5) is 0. The maximum atomic E-state index is 3.72. The Hall–Kier alpha value is -2.38. The molecule has 1 N–H and O–H groups in total. The van der Waals surface area contributed by atoms with E-state index in [1.54, 1.807) is 0 Å². The Morgan fingerprint density at radius 2 is 1.15 bits per heavy atom. The molecule has 0 aromatic heterocycles. The lowest BCUT2D eigenvalue weighted by molar-refractivity contribution is 0.393. The molecule has 0 unspecified atom stereocenters. The number of hydrogen-bond acceptors (Lipinski definition) is 1. The predicted octanol–water partition coefficient (Wildman–Crippen LogP) is 6.07. The standard InChI is InChI=1S/C26H31N/c1-21(20-22(2)27-19-18-23-12-6-3-7-13-23)26(24-14-8-4-9-15-24)25-16-10-5-11-17-25/h3-17,21-22,26-27H,18-20H2,1-2H3/t21-,22-/m0/s1. The van der Waals surface area contributed by atoms with Crippen LogP contribution in [0, 0.1) is 5.92 Å². The summed E-state index contributed by atoms with van der Waals surface area (Å²) in [6.45, 7) is 5.73. The first-order chi connectivity index (χ1) is 13.2. The average molecular weight is 358 g/mol. The highest BCUT2D eigenvalue weighted by Gasteiger charge is 2.22. The zero-order valence-electron chi connectivity index (χ0n) is 16.5. The van der Waals surface area contributed by atoms with E-state index in [0.717, 1.165) is 19.4 Å². The van der Waals surface area contributed by atoms with Crippen molar-refractivity contribution in [3.05, 3.63) is 108 Å². The first kappa shape index (κ1) is 19.4. The van der Waals surface area contributed by atoms with Gasteiger partial charge in [0.2, 0.25) is 0 Å². The molecule has 0 aliphatic carbocycles.